The van der Waals surface area contributed by atoms with Gasteiger partial charge in [0.15, 0.2) is 5.11 Å². The molecule has 2 aromatic rings. The van der Waals surface area contributed by atoms with Gasteiger partial charge in [0, 0.05) is 18.2 Å². The minimum absolute atomic E-state index is 0.229. The van der Waals surface area contributed by atoms with Gasteiger partial charge in [-0.2, -0.15) is 0 Å². The van der Waals surface area contributed by atoms with Crippen molar-refractivity contribution in [3.05, 3.63) is 75.9 Å². The molecular weight excluding hydrogens is 352 g/mol. The van der Waals surface area contributed by atoms with Gasteiger partial charge in [0.2, 0.25) is 5.91 Å². The Kier molecular flexibility index (Phi) is 5.85. The zero-order chi connectivity index (χ0) is 18.4. The number of rotatable bonds is 4. The molecule has 1 amide bonds. The number of thiocarbonyl (C=S) groups is 1. The number of anilines is 1. The largest absolute Gasteiger partial charge is 0.330 e. The number of hydrogen-bond acceptors (Lipinski definition) is 4. The number of nitrogens with zero attached hydrogens (tertiary/aromatic N) is 1. The first-order valence-electron chi connectivity index (χ1n) is 6.85. The van der Waals surface area contributed by atoms with E-state index in [-0.39, 0.29) is 16.5 Å². The molecule has 0 atom stereocenters. The van der Waals surface area contributed by atoms with Gasteiger partial charge in [0.1, 0.15) is 11.6 Å². The maximum absolute atomic E-state index is 13.6. The SMILES string of the molecule is O=C(/C=C/c1ccc(F)cc1)NC(=S)Nc1cc([N+](=O)[O-])ccc1F. The molecule has 0 aliphatic heterocycles. The number of halogens is 2. The number of non-ortho nitro benzene ring substituents is 1. The highest BCUT2D eigenvalue weighted by atomic mass is 32.1. The molecule has 0 unspecified atom stereocenters. The minimum Gasteiger partial charge on any atom is -0.330 e. The molecule has 0 radical (unpaired) electrons. The Hall–Kier alpha value is -3.20. The Morgan fingerprint density at radius 2 is 1.84 bits per heavy atom. The quantitative estimate of drug-likeness (QED) is 0.376. The highest BCUT2D eigenvalue weighted by Crippen LogP contribution is 2.21. The summed E-state index contributed by atoms with van der Waals surface area (Å²) in [7, 11) is 0. The van der Waals surface area contributed by atoms with Crippen LogP contribution in [0, 0.1) is 21.7 Å². The molecule has 0 spiro atoms. The fourth-order valence-corrected chi connectivity index (χ4v) is 1.99. The van der Waals surface area contributed by atoms with E-state index in [1.165, 1.54) is 30.3 Å². The molecule has 0 saturated heterocycles. The van der Waals surface area contributed by atoms with Crippen LogP contribution in [0.1, 0.15) is 5.56 Å². The van der Waals surface area contributed by atoms with E-state index < -0.39 is 22.5 Å². The number of amides is 1. The Morgan fingerprint density at radius 1 is 1.16 bits per heavy atom. The Labute approximate surface area is 146 Å². The number of nitrogens with one attached hydrogen (secondary N) is 2. The van der Waals surface area contributed by atoms with E-state index in [1.807, 2.05) is 0 Å². The fraction of sp³-hybridized carbons (Fsp3) is 0. The number of nitro benzene ring substituents is 1. The minimum atomic E-state index is -0.760. The van der Waals surface area contributed by atoms with Crippen molar-refractivity contribution in [2.45, 2.75) is 0 Å². The molecule has 9 heteroatoms. The van der Waals surface area contributed by atoms with Crippen molar-refractivity contribution in [3.8, 4) is 0 Å². The molecule has 0 aliphatic carbocycles. The summed E-state index contributed by atoms with van der Waals surface area (Å²) in [6.07, 6.45) is 2.59. The van der Waals surface area contributed by atoms with Crippen molar-refractivity contribution in [3.63, 3.8) is 0 Å². The van der Waals surface area contributed by atoms with Gasteiger partial charge in [-0.25, -0.2) is 8.78 Å². The number of carbonyl (C=O) groups excluding carboxylic acids is 1. The molecule has 6 nitrogen and oxygen atoms in total. The monoisotopic (exact) mass is 363 g/mol. The number of nitro groups is 1. The summed E-state index contributed by atoms with van der Waals surface area (Å²) in [5.41, 5.74) is 0.0383. The zero-order valence-electron chi connectivity index (χ0n) is 12.5. The standard InChI is InChI=1S/C16H11F2N3O3S/c17-11-4-1-10(2-5-11)3-8-15(22)20-16(25)19-14-9-12(21(23)24)6-7-13(14)18/h1-9H,(H2,19,20,22,25)/b8-3+. The summed E-state index contributed by atoms with van der Waals surface area (Å²) < 4.78 is 26.4. The molecule has 0 heterocycles. The second-order valence-corrected chi connectivity index (χ2v) is 5.16. The van der Waals surface area contributed by atoms with Gasteiger partial charge in [-0.3, -0.25) is 20.2 Å². The third kappa shape index (κ3) is 5.43. The predicted molar refractivity (Wildman–Crippen MR) is 92.9 cm³/mol. The Balaban J connectivity index is 1.97. The lowest BCUT2D eigenvalue weighted by Crippen LogP contribution is -2.33. The first-order valence-corrected chi connectivity index (χ1v) is 7.25. The van der Waals surface area contributed by atoms with Crippen LogP contribution in [0.3, 0.4) is 0 Å². The van der Waals surface area contributed by atoms with Gasteiger partial charge in [0.25, 0.3) is 5.69 Å². The van der Waals surface area contributed by atoms with Gasteiger partial charge < -0.3 is 5.32 Å². The van der Waals surface area contributed by atoms with Gasteiger partial charge in [-0.05, 0) is 42.1 Å². The van der Waals surface area contributed by atoms with Crippen LogP contribution in [-0.4, -0.2) is 15.9 Å². The third-order valence-electron chi connectivity index (χ3n) is 2.94. The van der Waals surface area contributed by atoms with E-state index in [0.29, 0.717) is 5.56 Å². The van der Waals surface area contributed by atoms with Crippen LogP contribution in [0.2, 0.25) is 0 Å². The topological polar surface area (TPSA) is 84.3 Å². The first kappa shape index (κ1) is 18.1. The predicted octanol–water partition coefficient (Wildman–Crippen LogP) is 3.40. The lowest BCUT2D eigenvalue weighted by molar-refractivity contribution is -0.384. The summed E-state index contributed by atoms with van der Waals surface area (Å²) in [6, 6.07) is 8.33. The van der Waals surface area contributed by atoms with E-state index in [0.717, 1.165) is 24.3 Å². The van der Waals surface area contributed by atoms with E-state index in [2.05, 4.69) is 10.6 Å². The number of hydrogen-bond donors (Lipinski definition) is 2. The lowest BCUT2D eigenvalue weighted by Gasteiger charge is -2.08. The zero-order valence-corrected chi connectivity index (χ0v) is 13.3. The average molecular weight is 363 g/mol. The van der Waals surface area contributed by atoms with Crippen LogP contribution < -0.4 is 10.6 Å². The molecule has 0 fully saturated rings. The van der Waals surface area contributed by atoms with Gasteiger partial charge in [0.05, 0.1) is 10.6 Å². The fourth-order valence-electron chi connectivity index (χ4n) is 1.78. The van der Waals surface area contributed by atoms with Crippen LogP contribution in [-0.2, 0) is 4.79 Å². The smallest absolute Gasteiger partial charge is 0.271 e. The normalized spacial score (nSPS) is 10.5. The van der Waals surface area contributed by atoms with Gasteiger partial charge >= 0.3 is 0 Å². The van der Waals surface area contributed by atoms with Crippen molar-refractivity contribution >= 4 is 40.7 Å². The van der Waals surface area contributed by atoms with Crippen molar-refractivity contribution in [2.75, 3.05) is 5.32 Å². The molecule has 2 aromatic carbocycles. The molecular formula is C16H11F2N3O3S. The maximum Gasteiger partial charge on any atom is 0.271 e. The Bertz CT molecular complexity index is 854. The van der Waals surface area contributed by atoms with Crippen LogP contribution in [0.15, 0.2) is 48.5 Å². The molecule has 0 bridgehead atoms. The van der Waals surface area contributed by atoms with Crippen molar-refractivity contribution in [2.24, 2.45) is 0 Å². The summed E-state index contributed by atoms with van der Waals surface area (Å²) in [5.74, 6) is -1.76. The Morgan fingerprint density at radius 3 is 2.48 bits per heavy atom. The lowest BCUT2D eigenvalue weighted by atomic mass is 10.2. The number of benzene rings is 2. The molecule has 0 aliphatic rings. The summed E-state index contributed by atoms with van der Waals surface area (Å²) in [4.78, 5) is 21.7. The average Bonchev–Trinajstić information content (AvgIpc) is 2.56. The highest BCUT2D eigenvalue weighted by molar-refractivity contribution is 7.80. The van der Waals surface area contributed by atoms with Crippen LogP contribution in [0.5, 0.6) is 0 Å². The van der Waals surface area contributed by atoms with Crippen molar-refractivity contribution < 1.29 is 18.5 Å². The van der Waals surface area contributed by atoms with Crippen LogP contribution in [0.4, 0.5) is 20.2 Å². The van der Waals surface area contributed by atoms with Crippen molar-refractivity contribution in [1.29, 1.82) is 0 Å². The molecule has 0 saturated carbocycles. The summed E-state index contributed by atoms with van der Waals surface area (Å²) in [5, 5.41) is 15.1. The molecule has 128 valence electrons. The molecule has 2 rings (SSSR count). The van der Waals surface area contributed by atoms with Crippen LogP contribution in [0.25, 0.3) is 6.08 Å². The first-order chi connectivity index (χ1) is 11.8. The third-order valence-corrected chi connectivity index (χ3v) is 3.15. The maximum atomic E-state index is 13.6. The van der Waals surface area contributed by atoms with E-state index >= 15 is 0 Å². The summed E-state index contributed by atoms with van der Waals surface area (Å²) >= 11 is 4.87. The van der Waals surface area contributed by atoms with Gasteiger partial charge in [-0.15, -0.1) is 0 Å². The number of carbonyl (C=O) groups is 1. The van der Waals surface area contributed by atoms with Crippen molar-refractivity contribution in [1.82, 2.24) is 5.32 Å². The van der Waals surface area contributed by atoms with E-state index in [4.69, 9.17) is 12.2 Å². The second kappa shape index (κ2) is 8.06. The van der Waals surface area contributed by atoms with Gasteiger partial charge in [-0.1, -0.05) is 12.1 Å². The highest BCUT2D eigenvalue weighted by Gasteiger charge is 2.12. The van der Waals surface area contributed by atoms with E-state index in [9.17, 15) is 23.7 Å². The van der Waals surface area contributed by atoms with Crippen LogP contribution >= 0.6 is 12.2 Å². The summed E-state index contributed by atoms with van der Waals surface area (Å²) in [6.45, 7) is 0. The molecule has 2 N–H and O–H groups in total. The van der Waals surface area contributed by atoms with E-state index in [1.54, 1.807) is 0 Å². The molecule has 0 aromatic heterocycles. The second-order valence-electron chi connectivity index (χ2n) is 4.75. The molecule has 25 heavy (non-hydrogen) atoms.